The lowest BCUT2D eigenvalue weighted by atomic mass is 10.1. The molecule has 28 heavy (non-hydrogen) atoms. The standard InChI is InChI=1S/C17H14N3O5PS2/c1-2-25-16(22)14-13(9-3-5-10(26)6-4-9)18-17(28-14)19-15(21)11-7-8-12(27-11)20(23)24/h3-8H,2,26H2,1H3,(H,18,19,21). The molecule has 1 amide bonds. The van der Waals surface area contributed by atoms with Crippen LogP contribution in [0.15, 0.2) is 36.4 Å². The fourth-order valence-corrected chi connectivity index (χ4v) is 4.04. The summed E-state index contributed by atoms with van der Waals surface area (Å²) < 4.78 is 5.09. The van der Waals surface area contributed by atoms with Gasteiger partial charge in [0.1, 0.15) is 4.88 Å². The highest BCUT2D eigenvalue weighted by Crippen LogP contribution is 2.32. The first-order valence-corrected chi connectivity index (χ1v) is 10.2. The van der Waals surface area contributed by atoms with Crippen molar-refractivity contribution in [1.82, 2.24) is 4.98 Å². The van der Waals surface area contributed by atoms with Gasteiger partial charge in [0.25, 0.3) is 5.91 Å². The van der Waals surface area contributed by atoms with Crippen LogP contribution in [-0.4, -0.2) is 28.4 Å². The minimum atomic E-state index is -0.558. The zero-order chi connectivity index (χ0) is 20.3. The predicted molar refractivity (Wildman–Crippen MR) is 112 cm³/mol. The summed E-state index contributed by atoms with van der Waals surface area (Å²) in [6, 6.07) is 9.98. The summed E-state index contributed by atoms with van der Waals surface area (Å²) in [5.41, 5.74) is 1.11. The molecule has 0 radical (unpaired) electrons. The topological polar surface area (TPSA) is 111 Å². The molecule has 0 bridgehead atoms. The number of carbonyl (C=O) groups excluding carboxylic acids is 2. The van der Waals surface area contributed by atoms with Crippen molar-refractivity contribution < 1.29 is 19.2 Å². The molecule has 0 spiro atoms. The number of nitrogens with one attached hydrogen (secondary N) is 1. The number of nitro groups is 1. The van der Waals surface area contributed by atoms with Crippen molar-refractivity contribution in [2.75, 3.05) is 11.9 Å². The van der Waals surface area contributed by atoms with Crippen LogP contribution in [0.5, 0.6) is 0 Å². The van der Waals surface area contributed by atoms with Crippen LogP contribution in [0, 0.1) is 10.1 Å². The number of thiazole rings is 1. The van der Waals surface area contributed by atoms with Crippen LogP contribution in [0.1, 0.15) is 26.3 Å². The average molecular weight is 435 g/mol. The lowest BCUT2D eigenvalue weighted by molar-refractivity contribution is -0.380. The first kappa shape index (κ1) is 20.1. The number of hydrogen-bond donors (Lipinski definition) is 1. The maximum atomic E-state index is 12.4. The van der Waals surface area contributed by atoms with Crippen molar-refractivity contribution in [2.24, 2.45) is 0 Å². The Labute approximate surface area is 169 Å². The first-order chi connectivity index (χ1) is 13.4. The van der Waals surface area contributed by atoms with Crippen molar-refractivity contribution in [2.45, 2.75) is 6.92 Å². The molecule has 8 nitrogen and oxygen atoms in total. The second kappa shape index (κ2) is 8.55. The summed E-state index contributed by atoms with van der Waals surface area (Å²) in [5, 5.41) is 14.4. The number of rotatable bonds is 6. The SMILES string of the molecule is CCOC(=O)c1sc(NC(=O)c2ccc([N+](=O)[O-])s2)nc1-c1ccc(P)cc1. The molecule has 0 saturated heterocycles. The maximum absolute atomic E-state index is 12.4. The summed E-state index contributed by atoms with van der Waals surface area (Å²) in [7, 11) is 2.57. The van der Waals surface area contributed by atoms with Gasteiger partial charge in [0.05, 0.1) is 22.1 Å². The molecule has 11 heteroatoms. The van der Waals surface area contributed by atoms with Gasteiger partial charge in [-0.15, -0.1) is 9.24 Å². The molecule has 1 aromatic carbocycles. The molecule has 2 aromatic heterocycles. The highest BCUT2D eigenvalue weighted by atomic mass is 32.1. The summed E-state index contributed by atoms with van der Waals surface area (Å²) in [4.78, 5) is 39.7. The largest absolute Gasteiger partial charge is 0.462 e. The summed E-state index contributed by atoms with van der Waals surface area (Å²) >= 11 is 1.75. The molecular weight excluding hydrogens is 421 g/mol. The van der Waals surface area contributed by atoms with E-state index in [1.807, 2.05) is 24.3 Å². The Balaban J connectivity index is 1.91. The first-order valence-electron chi connectivity index (χ1n) is 7.98. The molecule has 144 valence electrons. The predicted octanol–water partition coefficient (Wildman–Crippen LogP) is 3.71. The number of esters is 1. The molecule has 0 aliphatic heterocycles. The van der Waals surface area contributed by atoms with E-state index in [1.54, 1.807) is 6.92 Å². The van der Waals surface area contributed by atoms with Gasteiger partial charge in [-0.3, -0.25) is 20.2 Å². The van der Waals surface area contributed by atoms with Crippen LogP contribution in [0.2, 0.25) is 0 Å². The molecule has 1 unspecified atom stereocenters. The van der Waals surface area contributed by atoms with Gasteiger partial charge in [-0.2, -0.15) is 0 Å². The molecule has 3 rings (SSSR count). The number of carbonyl (C=O) groups is 2. The molecule has 2 heterocycles. The Morgan fingerprint density at radius 3 is 2.54 bits per heavy atom. The Bertz CT molecular complexity index is 1050. The Morgan fingerprint density at radius 2 is 1.93 bits per heavy atom. The molecule has 3 aromatic rings. The van der Waals surface area contributed by atoms with E-state index in [-0.39, 0.29) is 26.5 Å². The number of benzene rings is 1. The molecule has 1 atom stereocenters. The Morgan fingerprint density at radius 1 is 1.21 bits per heavy atom. The average Bonchev–Trinajstić information content (AvgIpc) is 3.30. The molecule has 0 aliphatic carbocycles. The van der Waals surface area contributed by atoms with Crippen LogP contribution >= 0.6 is 31.9 Å². The van der Waals surface area contributed by atoms with Gasteiger partial charge in [-0.1, -0.05) is 46.9 Å². The minimum absolute atomic E-state index is 0.130. The molecule has 0 saturated carbocycles. The van der Waals surface area contributed by atoms with Crippen LogP contribution in [-0.2, 0) is 4.74 Å². The van der Waals surface area contributed by atoms with Gasteiger partial charge in [-0.25, -0.2) is 9.78 Å². The summed E-state index contributed by atoms with van der Waals surface area (Å²) in [6.07, 6.45) is 0. The fourth-order valence-electron chi connectivity index (χ4n) is 2.25. The van der Waals surface area contributed by atoms with E-state index in [2.05, 4.69) is 19.5 Å². The number of thiophene rings is 1. The monoisotopic (exact) mass is 435 g/mol. The van der Waals surface area contributed by atoms with E-state index in [9.17, 15) is 19.7 Å². The molecular formula is C17H14N3O5PS2. The van der Waals surface area contributed by atoms with E-state index < -0.39 is 16.8 Å². The van der Waals surface area contributed by atoms with Crippen LogP contribution in [0.4, 0.5) is 10.1 Å². The van der Waals surface area contributed by atoms with E-state index in [4.69, 9.17) is 4.74 Å². The van der Waals surface area contributed by atoms with Gasteiger partial charge in [0.2, 0.25) is 0 Å². The van der Waals surface area contributed by atoms with E-state index in [0.29, 0.717) is 11.3 Å². The van der Waals surface area contributed by atoms with Gasteiger partial charge < -0.3 is 4.74 Å². The van der Waals surface area contributed by atoms with Gasteiger partial charge in [-0.05, 0) is 18.3 Å². The zero-order valence-corrected chi connectivity index (χ0v) is 17.3. The minimum Gasteiger partial charge on any atom is -0.462 e. The molecule has 0 fully saturated rings. The maximum Gasteiger partial charge on any atom is 0.350 e. The third-order valence-electron chi connectivity index (χ3n) is 3.49. The second-order valence-electron chi connectivity index (χ2n) is 5.39. The molecule has 0 aliphatic rings. The van der Waals surface area contributed by atoms with Crippen molar-refractivity contribution in [3.05, 3.63) is 56.3 Å². The Hall–Kier alpha value is -2.68. The quantitative estimate of drug-likeness (QED) is 0.273. The fraction of sp³-hybridized carbons (Fsp3) is 0.118. The normalized spacial score (nSPS) is 10.5. The van der Waals surface area contributed by atoms with Crippen molar-refractivity contribution in [3.8, 4) is 11.3 Å². The third-order valence-corrected chi connectivity index (χ3v) is 5.86. The highest BCUT2D eigenvalue weighted by Gasteiger charge is 2.23. The van der Waals surface area contributed by atoms with E-state index >= 15 is 0 Å². The zero-order valence-electron chi connectivity index (χ0n) is 14.5. The van der Waals surface area contributed by atoms with Gasteiger partial charge in [0.15, 0.2) is 5.13 Å². The number of nitrogens with zero attached hydrogens (tertiary/aromatic N) is 2. The third kappa shape index (κ3) is 4.41. The lowest BCUT2D eigenvalue weighted by Gasteiger charge is -2.02. The van der Waals surface area contributed by atoms with Crippen LogP contribution in [0.25, 0.3) is 11.3 Å². The Kier molecular flexibility index (Phi) is 6.13. The van der Waals surface area contributed by atoms with Gasteiger partial charge >= 0.3 is 11.0 Å². The van der Waals surface area contributed by atoms with Crippen molar-refractivity contribution in [1.29, 1.82) is 0 Å². The van der Waals surface area contributed by atoms with Crippen LogP contribution < -0.4 is 10.6 Å². The number of amides is 1. The number of ether oxygens (including phenoxy) is 1. The lowest BCUT2D eigenvalue weighted by Crippen LogP contribution is -2.09. The highest BCUT2D eigenvalue weighted by molar-refractivity contribution is 7.27. The van der Waals surface area contributed by atoms with Crippen molar-refractivity contribution >= 4 is 59.2 Å². The van der Waals surface area contributed by atoms with Crippen molar-refractivity contribution in [3.63, 3.8) is 0 Å². The summed E-state index contributed by atoms with van der Waals surface area (Å²) in [5.74, 6) is -1.06. The number of aromatic nitrogens is 1. The second-order valence-corrected chi connectivity index (χ2v) is 8.12. The van der Waals surface area contributed by atoms with E-state index in [0.717, 1.165) is 28.0 Å². The smallest absolute Gasteiger partial charge is 0.350 e. The van der Waals surface area contributed by atoms with Gasteiger partial charge in [0, 0.05) is 11.6 Å². The number of hydrogen-bond acceptors (Lipinski definition) is 8. The molecule has 1 N–H and O–H groups in total. The van der Waals surface area contributed by atoms with E-state index in [1.165, 1.54) is 12.1 Å². The van der Waals surface area contributed by atoms with Crippen LogP contribution in [0.3, 0.4) is 0 Å². The summed E-state index contributed by atoms with van der Waals surface area (Å²) in [6.45, 7) is 1.91. The number of anilines is 1.